The Labute approximate surface area is 114 Å². The zero-order valence-electron chi connectivity index (χ0n) is 9.45. The van der Waals surface area contributed by atoms with Crippen LogP contribution in [-0.4, -0.2) is 22.2 Å². The van der Waals surface area contributed by atoms with Gasteiger partial charge in [0, 0.05) is 10.5 Å². The van der Waals surface area contributed by atoms with Gasteiger partial charge in [-0.25, -0.2) is 4.79 Å². The molecule has 0 bridgehead atoms. The van der Waals surface area contributed by atoms with Gasteiger partial charge in [0.2, 0.25) is 0 Å². The van der Waals surface area contributed by atoms with Crippen LogP contribution >= 0.6 is 28.1 Å². The fourth-order valence-corrected chi connectivity index (χ4v) is 1.93. The summed E-state index contributed by atoms with van der Waals surface area (Å²) in [6.07, 6.45) is 0. The number of carboxylic acids is 1. The SMILES string of the molecule is CC(C)NC(=S)Nc1ccc(Br)cc1C(=O)O. The van der Waals surface area contributed by atoms with Crippen LogP contribution in [0.25, 0.3) is 0 Å². The fourth-order valence-electron chi connectivity index (χ4n) is 1.22. The Morgan fingerprint density at radius 3 is 2.65 bits per heavy atom. The smallest absolute Gasteiger partial charge is 0.337 e. The van der Waals surface area contributed by atoms with Gasteiger partial charge in [-0.05, 0) is 44.3 Å². The second-order valence-corrected chi connectivity index (χ2v) is 5.07. The van der Waals surface area contributed by atoms with Gasteiger partial charge in [0.1, 0.15) is 0 Å². The number of carbonyl (C=O) groups is 1. The standard InChI is InChI=1S/C11H13BrN2O2S/c1-6(2)13-11(17)14-9-4-3-7(12)5-8(9)10(15)16/h3-6H,1-2H3,(H,15,16)(H2,13,14,17). The summed E-state index contributed by atoms with van der Waals surface area (Å²) in [6.45, 7) is 3.90. The third kappa shape index (κ3) is 4.32. The van der Waals surface area contributed by atoms with Gasteiger partial charge < -0.3 is 15.7 Å². The molecule has 0 fully saturated rings. The maximum Gasteiger partial charge on any atom is 0.337 e. The Kier molecular flexibility index (Phi) is 4.89. The average molecular weight is 317 g/mol. The zero-order chi connectivity index (χ0) is 13.0. The van der Waals surface area contributed by atoms with Crippen molar-refractivity contribution in [2.45, 2.75) is 19.9 Å². The maximum absolute atomic E-state index is 11.1. The largest absolute Gasteiger partial charge is 0.478 e. The van der Waals surface area contributed by atoms with Crippen LogP contribution in [0.15, 0.2) is 22.7 Å². The van der Waals surface area contributed by atoms with Crippen molar-refractivity contribution in [3.05, 3.63) is 28.2 Å². The highest BCUT2D eigenvalue weighted by atomic mass is 79.9. The molecule has 0 aliphatic heterocycles. The van der Waals surface area contributed by atoms with Gasteiger partial charge in [-0.15, -0.1) is 0 Å². The Morgan fingerprint density at radius 2 is 2.12 bits per heavy atom. The molecule has 6 heteroatoms. The molecule has 0 aliphatic rings. The van der Waals surface area contributed by atoms with Crippen molar-refractivity contribution in [1.82, 2.24) is 5.32 Å². The summed E-state index contributed by atoms with van der Waals surface area (Å²) in [7, 11) is 0. The van der Waals surface area contributed by atoms with Gasteiger partial charge >= 0.3 is 5.97 Å². The minimum absolute atomic E-state index is 0.173. The summed E-state index contributed by atoms with van der Waals surface area (Å²) in [5.41, 5.74) is 0.645. The Hall–Kier alpha value is -1.14. The molecular weight excluding hydrogens is 304 g/mol. The second-order valence-electron chi connectivity index (χ2n) is 3.75. The van der Waals surface area contributed by atoms with Gasteiger partial charge in [0.05, 0.1) is 11.3 Å². The summed E-state index contributed by atoms with van der Waals surface area (Å²) in [4.78, 5) is 11.1. The van der Waals surface area contributed by atoms with Crippen molar-refractivity contribution in [2.24, 2.45) is 0 Å². The first kappa shape index (κ1) is 13.9. The van der Waals surface area contributed by atoms with Gasteiger partial charge in [-0.3, -0.25) is 0 Å². The Bertz CT molecular complexity index is 449. The topological polar surface area (TPSA) is 61.4 Å². The number of benzene rings is 1. The first-order valence-electron chi connectivity index (χ1n) is 5.00. The molecular formula is C11H13BrN2O2S. The Morgan fingerprint density at radius 1 is 1.47 bits per heavy atom. The van der Waals surface area contributed by atoms with Crippen molar-refractivity contribution < 1.29 is 9.90 Å². The average Bonchev–Trinajstić information content (AvgIpc) is 2.19. The number of hydrogen-bond acceptors (Lipinski definition) is 2. The van der Waals surface area contributed by atoms with E-state index in [-0.39, 0.29) is 11.6 Å². The second kappa shape index (κ2) is 5.97. The number of aromatic carboxylic acids is 1. The van der Waals surface area contributed by atoms with Crippen molar-refractivity contribution >= 4 is 44.9 Å². The number of anilines is 1. The molecule has 0 radical (unpaired) electrons. The molecule has 3 N–H and O–H groups in total. The highest BCUT2D eigenvalue weighted by Crippen LogP contribution is 2.21. The Balaban J connectivity index is 2.91. The van der Waals surface area contributed by atoms with Gasteiger partial charge in [-0.2, -0.15) is 0 Å². The third-order valence-corrected chi connectivity index (χ3v) is 2.59. The van der Waals surface area contributed by atoms with Crippen LogP contribution in [0.2, 0.25) is 0 Å². The zero-order valence-corrected chi connectivity index (χ0v) is 11.9. The van der Waals surface area contributed by atoms with Crippen molar-refractivity contribution in [3.63, 3.8) is 0 Å². The molecule has 0 aromatic heterocycles. The summed E-state index contributed by atoms with van der Waals surface area (Å²) in [5.74, 6) is -0.999. The molecule has 1 aromatic rings. The lowest BCUT2D eigenvalue weighted by molar-refractivity contribution is 0.0698. The maximum atomic E-state index is 11.1. The summed E-state index contributed by atoms with van der Waals surface area (Å²) in [5, 5.41) is 15.3. The van der Waals surface area contributed by atoms with E-state index in [1.807, 2.05) is 13.8 Å². The molecule has 1 aromatic carbocycles. The van der Waals surface area contributed by atoms with E-state index in [0.29, 0.717) is 15.3 Å². The normalized spacial score (nSPS) is 10.1. The molecule has 0 saturated heterocycles. The van der Waals surface area contributed by atoms with Crippen LogP contribution in [0.5, 0.6) is 0 Å². The molecule has 0 aliphatic carbocycles. The lowest BCUT2D eigenvalue weighted by Crippen LogP contribution is -2.34. The lowest BCUT2D eigenvalue weighted by atomic mass is 10.2. The molecule has 17 heavy (non-hydrogen) atoms. The highest BCUT2D eigenvalue weighted by Gasteiger charge is 2.11. The highest BCUT2D eigenvalue weighted by molar-refractivity contribution is 9.10. The quantitative estimate of drug-likeness (QED) is 0.748. The van der Waals surface area contributed by atoms with Crippen LogP contribution < -0.4 is 10.6 Å². The number of rotatable bonds is 3. The first-order chi connectivity index (χ1) is 7.90. The van der Waals surface area contributed by atoms with E-state index < -0.39 is 5.97 Å². The van der Waals surface area contributed by atoms with E-state index in [1.165, 1.54) is 6.07 Å². The van der Waals surface area contributed by atoms with Gasteiger partial charge in [0.15, 0.2) is 5.11 Å². The number of hydrogen-bond donors (Lipinski definition) is 3. The van der Waals surface area contributed by atoms with E-state index in [9.17, 15) is 4.79 Å². The summed E-state index contributed by atoms with van der Waals surface area (Å²) >= 11 is 8.30. The molecule has 0 saturated carbocycles. The van der Waals surface area contributed by atoms with E-state index >= 15 is 0 Å². The molecule has 92 valence electrons. The summed E-state index contributed by atoms with van der Waals surface area (Å²) in [6, 6.07) is 5.15. The van der Waals surface area contributed by atoms with Crippen LogP contribution in [0.3, 0.4) is 0 Å². The van der Waals surface area contributed by atoms with Gasteiger partial charge in [0.25, 0.3) is 0 Å². The minimum atomic E-state index is -0.999. The molecule has 0 unspecified atom stereocenters. The van der Waals surface area contributed by atoms with E-state index in [2.05, 4.69) is 26.6 Å². The molecule has 1 rings (SSSR count). The van der Waals surface area contributed by atoms with Crippen LogP contribution in [0.1, 0.15) is 24.2 Å². The first-order valence-corrected chi connectivity index (χ1v) is 6.20. The number of thiocarbonyl (C=S) groups is 1. The molecule has 0 spiro atoms. The van der Waals surface area contributed by atoms with Crippen LogP contribution in [0.4, 0.5) is 5.69 Å². The van der Waals surface area contributed by atoms with Crippen molar-refractivity contribution in [3.8, 4) is 0 Å². The van der Waals surface area contributed by atoms with E-state index in [1.54, 1.807) is 12.1 Å². The van der Waals surface area contributed by atoms with Crippen molar-refractivity contribution in [1.29, 1.82) is 0 Å². The molecule has 0 heterocycles. The molecule has 0 atom stereocenters. The number of nitrogens with one attached hydrogen (secondary N) is 2. The minimum Gasteiger partial charge on any atom is -0.478 e. The van der Waals surface area contributed by atoms with Crippen LogP contribution in [-0.2, 0) is 0 Å². The third-order valence-electron chi connectivity index (χ3n) is 1.88. The van der Waals surface area contributed by atoms with Crippen LogP contribution in [0, 0.1) is 0 Å². The van der Waals surface area contributed by atoms with Crippen molar-refractivity contribution in [2.75, 3.05) is 5.32 Å². The predicted molar refractivity (Wildman–Crippen MR) is 75.6 cm³/mol. The fraction of sp³-hybridized carbons (Fsp3) is 0.273. The number of halogens is 1. The summed E-state index contributed by atoms with van der Waals surface area (Å²) < 4.78 is 0.711. The van der Waals surface area contributed by atoms with Gasteiger partial charge in [-0.1, -0.05) is 15.9 Å². The molecule has 0 amide bonds. The predicted octanol–water partition coefficient (Wildman–Crippen LogP) is 2.84. The monoisotopic (exact) mass is 316 g/mol. The lowest BCUT2D eigenvalue weighted by Gasteiger charge is -2.14. The van der Waals surface area contributed by atoms with E-state index in [4.69, 9.17) is 17.3 Å². The molecule has 4 nitrogen and oxygen atoms in total. The number of carboxylic acid groups (broad SMARTS) is 1. The van der Waals surface area contributed by atoms with E-state index in [0.717, 1.165) is 0 Å².